The number of likely N-dealkylation sites (tertiary alicyclic amines) is 1. The molecule has 4 heterocycles. The first-order valence-electron chi connectivity index (χ1n) is 9.51. The van der Waals surface area contributed by atoms with Gasteiger partial charge >= 0.3 is 0 Å². The van der Waals surface area contributed by atoms with Gasteiger partial charge in [-0.15, -0.1) is 0 Å². The normalized spacial score (nSPS) is 20.0. The van der Waals surface area contributed by atoms with Crippen LogP contribution in [0.2, 0.25) is 0 Å². The Morgan fingerprint density at radius 1 is 1.21 bits per heavy atom. The Balaban J connectivity index is 1.38. The summed E-state index contributed by atoms with van der Waals surface area (Å²) in [5.41, 5.74) is 2.81. The van der Waals surface area contributed by atoms with Gasteiger partial charge in [0.05, 0.1) is 0 Å². The number of amides is 2. The number of anilines is 2. The van der Waals surface area contributed by atoms with Gasteiger partial charge in [-0.05, 0) is 23.8 Å². The second-order valence-electron chi connectivity index (χ2n) is 7.75. The third kappa shape index (κ3) is 2.92. The topological polar surface area (TPSA) is 68.9 Å². The van der Waals surface area contributed by atoms with Gasteiger partial charge in [0.25, 0.3) is 17.7 Å². The molecule has 5 rings (SSSR count). The van der Waals surface area contributed by atoms with E-state index < -0.39 is 5.92 Å². The van der Waals surface area contributed by atoms with Crippen LogP contribution in [0.25, 0.3) is 0 Å². The third-order valence-corrected chi connectivity index (χ3v) is 5.78. The van der Waals surface area contributed by atoms with Crippen molar-refractivity contribution in [2.45, 2.75) is 25.3 Å². The van der Waals surface area contributed by atoms with E-state index in [1.165, 1.54) is 4.90 Å². The smallest absolute Gasteiger partial charge is 0.270 e. The molecule has 0 aliphatic carbocycles. The number of alkyl halides is 2. The number of H-pyrrole nitrogens is 1. The minimum absolute atomic E-state index is 0.00442. The summed E-state index contributed by atoms with van der Waals surface area (Å²) >= 11 is 0. The van der Waals surface area contributed by atoms with Crippen LogP contribution >= 0.6 is 0 Å². The summed E-state index contributed by atoms with van der Waals surface area (Å²) < 4.78 is 32.4. The Kier molecular flexibility index (Phi) is 3.84. The van der Waals surface area contributed by atoms with Crippen LogP contribution in [0.15, 0.2) is 24.3 Å². The first-order valence-corrected chi connectivity index (χ1v) is 9.51. The highest BCUT2D eigenvalue weighted by Gasteiger charge is 2.37. The Morgan fingerprint density at radius 3 is 2.72 bits per heavy atom. The number of nitrogens with one attached hydrogen (secondary N) is 1. The summed E-state index contributed by atoms with van der Waals surface area (Å²) in [6, 6.07) is 7.22. The van der Waals surface area contributed by atoms with Crippen LogP contribution in [0, 0.1) is 0 Å². The van der Waals surface area contributed by atoms with Gasteiger partial charge in [-0.3, -0.25) is 14.5 Å². The number of benzene rings is 1. The molecule has 3 aliphatic rings. The predicted octanol–water partition coefficient (Wildman–Crippen LogP) is 2.96. The van der Waals surface area contributed by atoms with Crippen LogP contribution < -0.4 is 9.64 Å². The Morgan fingerprint density at radius 2 is 1.97 bits per heavy atom. The van der Waals surface area contributed by atoms with Gasteiger partial charge in [0.2, 0.25) is 0 Å². The van der Waals surface area contributed by atoms with Crippen molar-refractivity contribution < 1.29 is 23.1 Å². The van der Waals surface area contributed by atoms with Crippen LogP contribution in [0.5, 0.6) is 5.75 Å². The lowest BCUT2D eigenvalue weighted by Gasteiger charge is -2.31. The summed E-state index contributed by atoms with van der Waals surface area (Å²) in [5.74, 6) is -1.81. The number of nitrogens with zero attached hydrogens (tertiary/aromatic N) is 3. The molecule has 3 aliphatic heterocycles. The zero-order valence-corrected chi connectivity index (χ0v) is 15.9. The minimum atomic E-state index is -2.70. The summed E-state index contributed by atoms with van der Waals surface area (Å²) in [6.07, 6.45) is -0.631. The lowest BCUT2D eigenvalue weighted by molar-refractivity contribution is -0.0495. The highest BCUT2D eigenvalue weighted by molar-refractivity contribution is 5.99. The summed E-state index contributed by atoms with van der Waals surface area (Å²) in [5, 5.41) is 0. The van der Waals surface area contributed by atoms with E-state index in [4.69, 9.17) is 4.74 Å². The largest absolute Gasteiger partial charge is 0.469 e. The van der Waals surface area contributed by atoms with Crippen molar-refractivity contribution in [2.24, 2.45) is 0 Å². The fourth-order valence-electron chi connectivity index (χ4n) is 4.08. The van der Waals surface area contributed by atoms with Crippen molar-refractivity contribution >= 4 is 23.3 Å². The van der Waals surface area contributed by atoms with E-state index in [-0.39, 0.29) is 44.5 Å². The van der Waals surface area contributed by atoms with Crippen molar-refractivity contribution in [3.63, 3.8) is 0 Å². The monoisotopic (exact) mass is 402 g/mol. The van der Waals surface area contributed by atoms with Crippen molar-refractivity contribution in [3.8, 4) is 5.75 Å². The molecule has 1 fully saturated rings. The SMILES string of the molecule is CN1Cc2cc(N3COc4cc(C(=O)N5CCC(F)(F)CC5)[nH]c43)ccc2C1=O. The number of hydrogen-bond donors (Lipinski definition) is 1. The average molecular weight is 402 g/mol. The summed E-state index contributed by atoms with van der Waals surface area (Å²) in [7, 11) is 1.76. The number of aromatic nitrogens is 1. The maximum Gasteiger partial charge on any atom is 0.270 e. The second-order valence-corrected chi connectivity index (χ2v) is 7.75. The third-order valence-electron chi connectivity index (χ3n) is 5.78. The molecule has 0 saturated carbocycles. The predicted molar refractivity (Wildman–Crippen MR) is 101 cm³/mol. The van der Waals surface area contributed by atoms with E-state index in [0.29, 0.717) is 29.4 Å². The minimum Gasteiger partial charge on any atom is -0.469 e. The van der Waals surface area contributed by atoms with Crippen LogP contribution in [-0.4, -0.2) is 59.4 Å². The number of hydrogen-bond acceptors (Lipinski definition) is 4. The van der Waals surface area contributed by atoms with E-state index in [0.717, 1.165) is 11.3 Å². The zero-order chi connectivity index (χ0) is 20.3. The van der Waals surface area contributed by atoms with Crippen LogP contribution in [0.3, 0.4) is 0 Å². The molecule has 0 spiro atoms. The van der Waals surface area contributed by atoms with E-state index in [9.17, 15) is 18.4 Å². The molecule has 1 N–H and O–H groups in total. The van der Waals surface area contributed by atoms with Crippen LogP contribution in [0.1, 0.15) is 39.3 Å². The van der Waals surface area contributed by atoms with Crippen LogP contribution in [-0.2, 0) is 6.54 Å². The number of aromatic amines is 1. The average Bonchev–Trinajstić information content (AvgIpc) is 3.34. The van der Waals surface area contributed by atoms with E-state index in [2.05, 4.69) is 4.98 Å². The number of carbonyl (C=O) groups is 2. The second kappa shape index (κ2) is 6.20. The first kappa shape index (κ1) is 18.0. The Hall–Kier alpha value is -3.10. The Labute approximate surface area is 165 Å². The molecule has 29 heavy (non-hydrogen) atoms. The lowest BCUT2D eigenvalue weighted by Crippen LogP contribution is -2.42. The molecular weight excluding hydrogens is 382 g/mol. The number of carbonyl (C=O) groups excluding carboxylic acids is 2. The maximum atomic E-state index is 13.4. The molecule has 1 aromatic heterocycles. The van der Waals surface area contributed by atoms with Crippen LogP contribution in [0.4, 0.5) is 20.3 Å². The molecule has 0 radical (unpaired) electrons. The van der Waals surface area contributed by atoms with Gasteiger partial charge in [0.15, 0.2) is 18.3 Å². The van der Waals surface area contributed by atoms with Gasteiger partial charge in [0.1, 0.15) is 5.69 Å². The molecule has 1 saturated heterocycles. The molecule has 2 aromatic rings. The highest BCUT2D eigenvalue weighted by Crippen LogP contribution is 2.40. The van der Waals surface area contributed by atoms with Gasteiger partial charge in [-0.1, -0.05) is 0 Å². The molecule has 0 unspecified atom stereocenters. The fraction of sp³-hybridized carbons (Fsp3) is 0.400. The molecule has 0 atom stereocenters. The first-order chi connectivity index (χ1) is 13.8. The van der Waals surface area contributed by atoms with Crippen molar-refractivity contribution in [1.82, 2.24) is 14.8 Å². The molecule has 7 nitrogen and oxygen atoms in total. The van der Waals surface area contributed by atoms with Gasteiger partial charge < -0.3 is 19.5 Å². The number of rotatable bonds is 2. The zero-order valence-electron chi connectivity index (χ0n) is 15.9. The Bertz CT molecular complexity index is 1010. The van der Waals surface area contributed by atoms with Crippen molar-refractivity contribution in [3.05, 3.63) is 41.1 Å². The lowest BCUT2D eigenvalue weighted by atomic mass is 10.1. The summed E-state index contributed by atoms with van der Waals surface area (Å²) in [4.78, 5) is 32.9. The molecule has 2 amide bonds. The molecule has 1 aromatic carbocycles. The molecule has 0 bridgehead atoms. The number of fused-ring (bicyclic) bond motifs is 2. The fourth-order valence-corrected chi connectivity index (χ4v) is 4.08. The number of ether oxygens (including phenoxy) is 1. The van der Waals surface area contributed by atoms with Gasteiger partial charge in [-0.2, -0.15) is 0 Å². The maximum absolute atomic E-state index is 13.4. The molecular formula is C20H20F2N4O3. The van der Waals surface area contributed by atoms with Gasteiger partial charge in [0, 0.05) is 56.8 Å². The van der Waals surface area contributed by atoms with E-state index in [1.54, 1.807) is 24.1 Å². The molecule has 152 valence electrons. The number of halogens is 2. The standard InChI is InChI=1S/C20H20F2N4O3/c1-24-10-12-8-13(2-3-14(12)18(24)27)26-11-29-16-9-15(23-17(16)26)19(28)25-6-4-20(21,22)5-7-25/h2-3,8-9,23H,4-7,10-11H2,1H3. The van der Waals surface area contributed by atoms with Gasteiger partial charge in [-0.25, -0.2) is 8.78 Å². The van der Waals surface area contributed by atoms with E-state index >= 15 is 0 Å². The highest BCUT2D eigenvalue weighted by atomic mass is 19.3. The van der Waals surface area contributed by atoms with Crippen molar-refractivity contribution in [1.29, 1.82) is 0 Å². The summed E-state index contributed by atoms with van der Waals surface area (Å²) in [6.45, 7) is 0.907. The van der Waals surface area contributed by atoms with Crippen molar-refractivity contribution in [2.75, 3.05) is 31.8 Å². The number of piperidine rings is 1. The quantitative estimate of drug-likeness (QED) is 0.839. The van der Waals surface area contributed by atoms with E-state index in [1.807, 2.05) is 17.0 Å². The molecule has 9 heteroatoms.